The quantitative estimate of drug-likeness (QED) is 0.488. The fraction of sp³-hybridized carbons (Fsp3) is 0.269. The van der Waals surface area contributed by atoms with E-state index in [4.69, 9.17) is 4.74 Å². The van der Waals surface area contributed by atoms with Gasteiger partial charge in [-0.15, -0.1) is 11.3 Å². The first kappa shape index (κ1) is 23.3. The summed E-state index contributed by atoms with van der Waals surface area (Å²) in [6.07, 6.45) is 4.18. The Kier molecular flexibility index (Phi) is 7.14. The van der Waals surface area contributed by atoms with Gasteiger partial charge in [-0.1, -0.05) is 24.3 Å². The molecule has 0 spiro atoms. The molecule has 2 N–H and O–H groups in total. The van der Waals surface area contributed by atoms with Crippen LogP contribution in [-0.2, 0) is 16.0 Å². The molecular formula is C26H26N4O3S. The minimum atomic E-state index is -0.698. The van der Waals surface area contributed by atoms with Crippen molar-refractivity contribution >= 4 is 40.5 Å². The molecule has 2 aromatic carbocycles. The molecular weight excluding hydrogens is 448 g/mol. The highest BCUT2D eigenvalue weighted by Gasteiger charge is 2.29. The van der Waals surface area contributed by atoms with Gasteiger partial charge >= 0.3 is 5.97 Å². The predicted molar refractivity (Wildman–Crippen MR) is 135 cm³/mol. The highest BCUT2D eigenvalue weighted by molar-refractivity contribution is 7.07. The van der Waals surface area contributed by atoms with Crippen molar-refractivity contribution in [2.24, 2.45) is 0 Å². The van der Waals surface area contributed by atoms with Gasteiger partial charge in [-0.25, -0.2) is 4.79 Å². The van der Waals surface area contributed by atoms with Crippen molar-refractivity contribution in [2.45, 2.75) is 32.2 Å². The van der Waals surface area contributed by atoms with Gasteiger partial charge in [-0.3, -0.25) is 9.36 Å². The smallest absolute Gasteiger partial charge is 0.351 e. The van der Waals surface area contributed by atoms with Crippen LogP contribution < -0.4 is 25.4 Å². The first-order chi connectivity index (χ1) is 16.5. The zero-order chi connectivity index (χ0) is 24.1. The highest BCUT2D eigenvalue weighted by atomic mass is 32.1. The third-order valence-corrected chi connectivity index (χ3v) is 6.65. The van der Waals surface area contributed by atoms with Crippen LogP contribution in [0.3, 0.4) is 0 Å². The van der Waals surface area contributed by atoms with Crippen LogP contribution >= 0.6 is 11.3 Å². The average molecular weight is 475 g/mol. The van der Waals surface area contributed by atoms with E-state index in [1.54, 1.807) is 17.7 Å². The molecule has 34 heavy (non-hydrogen) atoms. The van der Waals surface area contributed by atoms with Crippen molar-refractivity contribution in [3.63, 3.8) is 0 Å². The van der Waals surface area contributed by atoms with Crippen molar-refractivity contribution in [1.82, 2.24) is 4.57 Å². The van der Waals surface area contributed by atoms with E-state index in [1.165, 1.54) is 11.1 Å². The summed E-state index contributed by atoms with van der Waals surface area (Å²) in [7, 11) is 1.90. The van der Waals surface area contributed by atoms with Crippen molar-refractivity contribution in [2.75, 3.05) is 24.3 Å². The van der Waals surface area contributed by atoms with Gasteiger partial charge in [-0.2, -0.15) is 5.26 Å². The van der Waals surface area contributed by atoms with Crippen molar-refractivity contribution in [1.29, 1.82) is 5.26 Å². The summed E-state index contributed by atoms with van der Waals surface area (Å²) in [4.78, 5) is 25.3. The predicted octanol–water partition coefficient (Wildman–Crippen LogP) is 2.96. The summed E-state index contributed by atoms with van der Waals surface area (Å²) in [5.41, 5.74) is 4.01. The van der Waals surface area contributed by atoms with Crippen LogP contribution in [-0.4, -0.2) is 24.2 Å². The maximum Gasteiger partial charge on any atom is 0.351 e. The van der Waals surface area contributed by atoms with Crippen molar-refractivity contribution < 1.29 is 9.53 Å². The Morgan fingerprint density at radius 2 is 1.76 bits per heavy atom. The fourth-order valence-corrected chi connectivity index (χ4v) is 4.68. The molecule has 1 fully saturated rings. The molecule has 1 aromatic heterocycles. The van der Waals surface area contributed by atoms with Gasteiger partial charge in [0.05, 0.1) is 6.61 Å². The Balaban J connectivity index is 1.57. The van der Waals surface area contributed by atoms with E-state index in [2.05, 4.69) is 34.9 Å². The van der Waals surface area contributed by atoms with Crippen LogP contribution in [0.25, 0.3) is 11.8 Å². The SMILES string of the molecule is CCOC(=O)/C(C#N)=c1\s/c(=C\Nc2ccc(Cc3ccc(NC)cc3)cc2)c(=O)n1C1CC1. The Labute approximate surface area is 201 Å². The molecule has 0 aliphatic heterocycles. The minimum Gasteiger partial charge on any atom is -0.462 e. The van der Waals surface area contributed by atoms with Gasteiger partial charge in [0.15, 0.2) is 5.57 Å². The van der Waals surface area contributed by atoms with E-state index in [0.29, 0.717) is 9.20 Å². The maximum absolute atomic E-state index is 13.0. The minimum absolute atomic E-state index is 0.0279. The van der Waals surface area contributed by atoms with Crippen molar-refractivity contribution in [3.8, 4) is 6.07 Å². The number of nitrogens with one attached hydrogen (secondary N) is 2. The maximum atomic E-state index is 13.0. The topological polar surface area (TPSA) is 96.2 Å². The second-order valence-electron chi connectivity index (χ2n) is 7.99. The zero-order valence-corrected chi connectivity index (χ0v) is 19.9. The van der Waals surface area contributed by atoms with Gasteiger partial charge in [-0.05, 0) is 61.6 Å². The van der Waals surface area contributed by atoms with E-state index >= 15 is 0 Å². The van der Waals surface area contributed by atoms with E-state index in [1.807, 2.05) is 37.4 Å². The summed E-state index contributed by atoms with van der Waals surface area (Å²) in [6.45, 7) is 1.85. The van der Waals surface area contributed by atoms with Gasteiger partial charge in [0.2, 0.25) is 0 Å². The summed E-state index contributed by atoms with van der Waals surface area (Å²) in [5.74, 6) is -0.698. The van der Waals surface area contributed by atoms with E-state index in [-0.39, 0.29) is 23.8 Å². The number of carbonyl (C=O) groups is 1. The number of thiazole rings is 1. The van der Waals surface area contributed by atoms with E-state index in [9.17, 15) is 14.9 Å². The van der Waals surface area contributed by atoms with Crippen LogP contribution in [0.5, 0.6) is 0 Å². The summed E-state index contributed by atoms with van der Waals surface area (Å²) in [5, 5.41) is 15.8. The third-order valence-electron chi connectivity index (χ3n) is 5.55. The average Bonchev–Trinajstić information content (AvgIpc) is 3.63. The summed E-state index contributed by atoms with van der Waals surface area (Å²) in [6, 6.07) is 18.3. The van der Waals surface area contributed by atoms with Crippen LogP contribution in [0.1, 0.15) is 36.9 Å². The standard InChI is InChI=1S/C26H26N4O3S/c1-3-33-26(32)22(15-27)25-30(21-12-13-21)24(31)23(34-25)16-29-20-10-6-18(7-11-20)14-17-4-8-19(28-2)9-5-17/h4-11,16,21,28-29H,3,12-14H2,1-2H3/b23-16-,25-22-. The highest BCUT2D eigenvalue weighted by Crippen LogP contribution is 2.32. The zero-order valence-electron chi connectivity index (χ0n) is 19.1. The lowest BCUT2D eigenvalue weighted by atomic mass is 10.0. The molecule has 1 saturated carbocycles. The number of ether oxygens (including phenoxy) is 1. The number of nitrogens with zero attached hydrogens (tertiary/aromatic N) is 2. The Morgan fingerprint density at radius 1 is 1.15 bits per heavy atom. The van der Waals surface area contributed by atoms with Crippen LogP contribution in [0.2, 0.25) is 0 Å². The number of benzene rings is 2. The van der Waals surface area contributed by atoms with Crippen molar-refractivity contribution in [3.05, 3.63) is 79.2 Å². The molecule has 0 saturated heterocycles. The third kappa shape index (κ3) is 5.21. The molecule has 0 unspecified atom stereocenters. The molecule has 1 aliphatic rings. The molecule has 174 valence electrons. The number of aromatic nitrogens is 1. The molecule has 1 heterocycles. The number of nitriles is 1. The second kappa shape index (κ2) is 10.4. The normalized spacial score (nSPS) is 14.3. The van der Waals surface area contributed by atoms with E-state index in [0.717, 1.165) is 42.0 Å². The molecule has 0 bridgehead atoms. The Morgan fingerprint density at radius 3 is 2.29 bits per heavy atom. The first-order valence-electron chi connectivity index (χ1n) is 11.2. The van der Waals surface area contributed by atoms with Gasteiger partial charge in [0, 0.05) is 30.7 Å². The molecule has 0 atom stereocenters. The Bertz CT molecular complexity index is 1390. The number of hydrogen-bond donors (Lipinski definition) is 2. The molecule has 0 radical (unpaired) electrons. The molecule has 4 rings (SSSR count). The number of esters is 1. The van der Waals surface area contributed by atoms with Crippen LogP contribution in [0.15, 0.2) is 53.3 Å². The molecule has 1 aliphatic carbocycles. The lowest BCUT2D eigenvalue weighted by Gasteiger charge is -2.06. The second-order valence-corrected chi connectivity index (χ2v) is 9.03. The van der Waals surface area contributed by atoms with E-state index < -0.39 is 5.97 Å². The number of carbonyl (C=O) groups excluding carboxylic acids is 1. The largest absolute Gasteiger partial charge is 0.462 e. The lowest BCUT2D eigenvalue weighted by molar-refractivity contribution is -0.136. The van der Waals surface area contributed by atoms with Gasteiger partial charge in [0.1, 0.15) is 15.3 Å². The van der Waals surface area contributed by atoms with Gasteiger partial charge < -0.3 is 15.4 Å². The summed E-state index contributed by atoms with van der Waals surface area (Å²) < 4.78 is 7.38. The molecule has 7 nitrogen and oxygen atoms in total. The molecule has 3 aromatic rings. The fourth-order valence-electron chi connectivity index (χ4n) is 3.61. The molecule has 8 heteroatoms. The number of anilines is 2. The van der Waals surface area contributed by atoms with Crippen LogP contribution in [0, 0.1) is 11.3 Å². The van der Waals surface area contributed by atoms with Crippen LogP contribution in [0.4, 0.5) is 11.4 Å². The Hall–Kier alpha value is -3.83. The number of hydrogen-bond acceptors (Lipinski definition) is 7. The van der Waals surface area contributed by atoms with Gasteiger partial charge in [0.25, 0.3) is 5.56 Å². The first-order valence-corrected chi connectivity index (χ1v) is 12.0. The lowest BCUT2D eigenvalue weighted by Crippen LogP contribution is -2.32. The molecule has 0 amide bonds. The monoisotopic (exact) mass is 474 g/mol. The summed E-state index contributed by atoms with van der Waals surface area (Å²) >= 11 is 1.14. The number of rotatable bonds is 8.